The third-order valence-electron chi connectivity index (χ3n) is 2.47. The van der Waals surface area contributed by atoms with E-state index in [0.29, 0.717) is 5.56 Å². The lowest BCUT2D eigenvalue weighted by Gasteiger charge is -2.21. The topological polar surface area (TPSA) is 29.3 Å². The first-order chi connectivity index (χ1) is 8.63. The van der Waals surface area contributed by atoms with Crippen molar-refractivity contribution in [1.29, 1.82) is 0 Å². The molecule has 2 N–H and O–H groups in total. The van der Waals surface area contributed by atoms with Gasteiger partial charge in [0.15, 0.2) is 5.82 Å². The van der Waals surface area contributed by atoms with Crippen molar-refractivity contribution >= 4 is 38.8 Å². The van der Waals surface area contributed by atoms with Gasteiger partial charge in [0.1, 0.15) is 4.99 Å². The molecular weight excluding hydrogens is 348 g/mol. The lowest BCUT2D eigenvalue weighted by molar-refractivity contribution is -0.132. The molecule has 0 heterocycles. The number of nitrogens with two attached hydrogens (primary N) is 1. The molecule has 0 saturated heterocycles. The highest BCUT2D eigenvalue weighted by atomic mass is 79.9. The van der Waals surface area contributed by atoms with Crippen molar-refractivity contribution in [2.24, 2.45) is 5.73 Å². The molecule has 0 unspecified atom stereocenters. The highest BCUT2D eigenvalue weighted by molar-refractivity contribution is 9.10. The molecule has 1 aromatic rings. The van der Waals surface area contributed by atoms with Crippen LogP contribution >= 0.6 is 28.1 Å². The Kier molecular flexibility index (Phi) is 5.14. The molecule has 106 valence electrons. The van der Waals surface area contributed by atoms with Gasteiger partial charge in [0.2, 0.25) is 0 Å². The first kappa shape index (κ1) is 16.2. The van der Waals surface area contributed by atoms with Crippen LogP contribution in [-0.2, 0) is 0 Å². The standard InChI is InChI=1S/C11H11BrF4N2S/c1-18(5-4-11(14,15)16)7-3-2-6(10(17)19)8(12)9(7)13/h2-3H,4-5H2,1H3,(H2,17,19). The molecule has 0 amide bonds. The van der Waals surface area contributed by atoms with Gasteiger partial charge in [0, 0.05) is 19.2 Å². The first-order valence-electron chi connectivity index (χ1n) is 5.19. The molecule has 0 saturated carbocycles. The van der Waals surface area contributed by atoms with Crippen LogP contribution in [0, 0.1) is 5.82 Å². The van der Waals surface area contributed by atoms with Crippen molar-refractivity contribution in [2.45, 2.75) is 12.6 Å². The van der Waals surface area contributed by atoms with E-state index in [1.807, 2.05) is 0 Å². The third kappa shape index (κ3) is 4.31. The number of alkyl halides is 3. The van der Waals surface area contributed by atoms with E-state index in [9.17, 15) is 17.6 Å². The smallest absolute Gasteiger partial charge is 0.389 e. The lowest BCUT2D eigenvalue weighted by Crippen LogP contribution is -2.25. The third-order valence-corrected chi connectivity index (χ3v) is 3.46. The Morgan fingerprint density at radius 2 is 2.00 bits per heavy atom. The molecule has 8 heteroatoms. The van der Waals surface area contributed by atoms with Gasteiger partial charge in [-0.3, -0.25) is 0 Å². The van der Waals surface area contributed by atoms with Crippen LogP contribution in [0.5, 0.6) is 0 Å². The monoisotopic (exact) mass is 358 g/mol. The highest BCUT2D eigenvalue weighted by Crippen LogP contribution is 2.30. The molecule has 0 aromatic heterocycles. The highest BCUT2D eigenvalue weighted by Gasteiger charge is 2.28. The summed E-state index contributed by atoms with van der Waals surface area (Å²) in [6.07, 6.45) is -5.29. The van der Waals surface area contributed by atoms with Gasteiger partial charge in [-0.2, -0.15) is 13.2 Å². The van der Waals surface area contributed by atoms with Gasteiger partial charge in [0.05, 0.1) is 16.6 Å². The van der Waals surface area contributed by atoms with Crippen molar-refractivity contribution in [3.63, 3.8) is 0 Å². The van der Waals surface area contributed by atoms with E-state index in [1.165, 1.54) is 24.1 Å². The molecule has 0 aliphatic carbocycles. The quantitative estimate of drug-likeness (QED) is 0.658. The van der Waals surface area contributed by atoms with Gasteiger partial charge in [-0.25, -0.2) is 4.39 Å². The van der Waals surface area contributed by atoms with Gasteiger partial charge in [-0.15, -0.1) is 0 Å². The van der Waals surface area contributed by atoms with Gasteiger partial charge in [-0.05, 0) is 28.1 Å². The van der Waals surface area contributed by atoms with Crippen LogP contribution in [0.1, 0.15) is 12.0 Å². The molecule has 0 bridgehead atoms. The fraction of sp³-hybridized carbons (Fsp3) is 0.364. The summed E-state index contributed by atoms with van der Waals surface area (Å²) >= 11 is 7.74. The Labute approximate surface area is 121 Å². The van der Waals surface area contributed by atoms with Crippen LogP contribution < -0.4 is 10.6 Å². The zero-order chi connectivity index (χ0) is 14.8. The second kappa shape index (κ2) is 6.04. The van der Waals surface area contributed by atoms with Crippen molar-refractivity contribution in [3.05, 3.63) is 28.0 Å². The maximum atomic E-state index is 14.0. The Hall–Kier alpha value is -0.890. The summed E-state index contributed by atoms with van der Waals surface area (Å²) in [4.78, 5) is 1.20. The Morgan fingerprint density at radius 3 is 2.47 bits per heavy atom. The van der Waals surface area contributed by atoms with Gasteiger partial charge in [-0.1, -0.05) is 12.2 Å². The maximum Gasteiger partial charge on any atom is 0.390 e. The van der Waals surface area contributed by atoms with E-state index >= 15 is 0 Å². The second-order valence-electron chi connectivity index (χ2n) is 3.91. The van der Waals surface area contributed by atoms with E-state index in [2.05, 4.69) is 15.9 Å². The fourth-order valence-electron chi connectivity index (χ4n) is 1.44. The first-order valence-corrected chi connectivity index (χ1v) is 6.39. The summed E-state index contributed by atoms with van der Waals surface area (Å²) < 4.78 is 50.4. The SMILES string of the molecule is CN(CCC(F)(F)F)c1ccc(C(N)=S)c(Br)c1F. The summed E-state index contributed by atoms with van der Waals surface area (Å²) in [5.41, 5.74) is 5.76. The molecule has 0 aliphatic heterocycles. The number of nitrogens with zero attached hydrogens (tertiary/aromatic N) is 1. The van der Waals surface area contributed by atoms with E-state index in [0.717, 1.165) is 0 Å². The number of anilines is 1. The largest absolute Gasteiger partial charge is 0.390 e. The van der Waals surface area contributed by atoms with E-state index in [4.69, 9.17) is 18.0 Å². The van der Waals surface area contributed by atoms with Crippen LogP contribution in [0.3, 0.4) is 0 Å². The van der Waals surface area contributed by atoms with Crippen molar-refractivity contribution in [3.8, 4) is 0 Å². The van der Waals surface area contributed by atoms with Crippen molar-refractivity contribution in [1.82, 2.24) is 0 Å². The Balaban J connectivity index is 2.96. The van der Waals surface area contributed by atoms with E-state index < -0.39 is 18.4 Å². The normalized spacial score (nSPS) is 11.5. The molecule has 0 atom stereocenters. The maximum absolute atomic E-state index is 14.0. The van der Waals surface area contributed by atoms with Crippen LogP contribution in [0.15, 0.2) is 16.6 Å². The molecule has 0 fully saturated rings. The van der Waals surface area contributed by atoms with Gasteiger partial charge in [0.25, 0.3) is 0 Å². The number of halogens is 5. The number of thiocarbonyl (C=S) groups is 1. The number of hydrogen-bond acceptors (Lipinski definition) is 2. The molecule has 0 spiro atoms. The summed E-state index contributed by atoms with van der Waals surface area (Å²) in [7, 11) is 1.39. The minimum atomic E-state index is -4.28. The summed E-state index contributed by atoms with van der Waals surface area (Å²) in [6, 6.07) is 2.82. The molecule has 0 radical (unpaired) electrons. The van der Waals surface area contributed by atoms with Crippen LogP contribution in [0.2, 0.25) is 0 Å². The molecule has 2 nitrogen and oxygen atoms in total. The minimum Gasteiger partial charge on any atom is -0.389 e. The zero-order valence-electron chi connectivity index (χ0n) is 9.89. The molecular formula is C11H11BrF4N2S. The van der Waals surface area contributed by atoms with Crippen molar-refractivity contribution < 1.29 is 17.6 Å². The minimum absolute atomic E-state index is 0.00951. The molecule has 1 rings (SSSR count). The lowest BCUT2D eigenvalue weighted by atomic mass is 10.2. The van der Waals surface area contributed by atoms with E-state index in [1.54, 1.807) is 0 Å². The summed E-state index contributed by atoms with van der Waals surface area (Å²) in [5, 5.41) is 0. The number of benzene rings is 1. The predicted molar refractivity (Wildman–Crippen MR) is 73.9 cm³/mol. The Morgan fingerprint density at radius 1 is 1.42 bits per heavy atom. The van der Waals surface area contributed by atoms with Crippen molar-refractivity contribution in [2.75, 3.05) is 18.5 Å². The van der Waals surface area contributed by atoms with Crippen LogP contribution in [0.4, 0.5) is 23.2 Å². The van der Waals surface area contributed by atoms with Crippen LogP contribution in [-0.4, -0.2) is 24.8 Å². The van der Waals surface area contributed by atoms with Crippen LogP contribution in [0.25, 0.3) is 0 Å². The van der Waals surface area contributed by atoms with Gasteiger partial charge >= 0.3 is 6.18 Å². The number of rotatable bonds is 4. The molecule has 1 aromatic carbocycles. The molecule has 19 heavy (non-hydrogen) atoms. The fourth-order valence-corrected chi connectivity index (χ4v) is 2.29. The summed E-state index contributed by atoms with van der Waals surface area (Å²) in [6.45, 7) is -0.334. The zero-order valence-corrected chi connectivity index (χ0v) is 12.3. The second-order valence-corrected chi connectivity index (χ2v) is 5.14. The molecule has 0 aliphatic rings. The average molecular weight is 359 g/mol. The van der Waals surface area contributed by atoms with E-state index in [-0.39, 0.29) is 21.7 Å². The summed E-state index contributed by atoms with van der Waals surface area (Å²) in [5.74, 6) is -0.685. The average Bonchev–Trinajstić information content (AvgIpc) is 2.28. The predicted octanol–water partition coefficient (Wildman–Crippen LogP) is 3.61. The Bertz CT molecular complexity index is 490. The number of hydrogen-bond donors (Lipinski definition) is 1. The van der Waals surface area contributed by atoms with Gasteiger partial charge < -0.3 is 10.6 Å².